The largest absolute Gasteiger partial charge is 0.463 e. The molecule has 1 aromatic rings. The lowest BCUT2D eigenvalue weighted by Crippen LogP contribution is -2.63. The zero-order chi connectivity index (χ0) is 26.3. The van der Waals surface area contributed by atoms with E-state index in [1.54, 1.807) is 6.07 Å². The van der Waals surface area contributed by atoms with Gasteiger partial charge in [0, 0.05) is 39.8 Å². The van der Waals surface area contributed by atoms with Crippen LogP contribution in [0.25, 0.3) is 0 Å². The second-order valence-corrected chi connectivity index (χ2v) is 7.23. The highest BCUT2D eigenvalue weighted by Crippen LogP contribution is 2.32. The normalized spacial score (nSPS) is 23.2. The molecule has 0 N–H and O–H groups in total. The second kappa shape index (κ2) is 11.7. The molecule has 0 aromatic heterocycles. The first-order chi connectivity index (χ1) is 16.4. The molecule has 14 heteroatoms. The van der Waals surface area contributed by atoms with Crippen LogP contribution in [-0.4, -0.2) is 66.1 Å². The first kappa shape index (κ1) is 27.0. The molecule has 2 rings (SSSR count). The van der Waals surface area contributed by atoms with Crippen LogP contribution in [0.5, 0.6) is 5.75 Å². The summed E-state index contributed by atoms with van der Waals surface area (Å²) in [6.45, 7) is 3.85. The number of nitro groups is 1. The van der Waals surface area contributed by atoms with Gasteiger partial charge in [0.1, 0.15) is 30.1 Å². The highest BCUT2D eigenvalue weighted by molar-refractivity contribution is 5.68. The van der Waals surface area contributed by atoms with Gasteiger partial charge in [0.25, 0.3) is 5.69 Å². The summed E-state index contributed by atoms with van der Waals surface area (Å²) in [5.41, 5.74) is -0.623. The standard InChI is InChI=1S/C21H22N2O12/c1-10(24)30-9-17-18(31-11(2)25)19(32-12(3)26)20(33-13(4)27)21(35-17)34-16-6-5-15(23(28)29)7-14(16)8-22/h5-7,17-21H,9H2,1-4H3/t17-,18+,19+,20-,21+/m1/s1. The number of nitriles is 1. The average Bonchev–Trinajstić information content (AvgIpc) is 2.75. The van der Waals surface area contributed by atoms with Gasteiger partial charge in [-0.05, 0) is 6.07 Å². The summed E-state index contributed by atoms with van der Waals surface area (Å²) in [6, 6.07) is 4.91. The number of non-ortho nitro benzene ring substituents is 1. The van der Waals surface area contributed by atoms with Crippen molar-refractivity contribution in [2.45, 2.75) is 58.4 Å². The molecule has 1 aliphatic heterocycles. The summed E-state index contributed by atoms with van der Waals surface area (Å²) < 4.78 is 32.2. The first-order valence-corrected chi connectivity index (χ1v) is 10.1. The van der Waals surface area contributed by atoms with E-state index in [2.05, 4.69) is 0 Å². The smallest absolute Gasteiger partial charge is 0.303 e. The Labute approximate surface area is 198 Å². The Morgan fingerprint density at radius 3 is 2.06 bits per heavy atom. The molecule has 0 saturated carbocycles. The van der Waals surface area contributed by atoms with Crippen LogP contribution in [0.4, 0.5) is 5.69 Å². The molecule has 0 amide bonds. The molecule has 1 saturated heterocycles. The third-order valence-corrected chi connectivity index (χ3v) is 4.49. The van der Waals surface area contributed by atoms with E-state index in [1.165, 1.54) is 0 Å². The molecular weight excluding hydrogens is 472 g/mol. The zero-order valence-electron chi connectivity index (χ0n) is 19.1. The molecule has 0 unspecified atom stereocenters. The molecule has 0 radical (unpaired) electrons. The summed E-state index contributed by atoms with van der Waals surface area (Å²) in [6.07, 6.45) is -7.21. The molecule has 1 aliphatic rings. The maximum Gasteiger partial charge on any atom is 0.303 e. The van der Waals surface area contributed by atoms with Gasteiger partial charge in [-0.15, -0.1) is 0 Å². The van der Waals surface area contributed by atoms with E-state index in [4.69, 9.17) is 28.4 Å². The fraction of sp³-hybridized carbons (Fsp3) is 0.476. The Bertz CT molecular complexity index is 1050. The maximum atomic E-state index is 11.8. The van der Waals surface area contributed by atoms with Crippen molar-refractivity contribution in [2.24, 2.45) is 0 Å². The lowest BCUT2D eigenvalue weighted by Gasteiger charge is -2.43. The van der Waals surface area contributed by atoms with E-state index >= 15 is 0 Å². The Morgan fingerprint density at radius 2 is 1.54 bits per heavy atom. The van der Waals surface area contributed by atoms with Gasteiger partial charge in [-0.2, -0.15) is 5.26 Å². The predicted molar refractivity (Wildman–Crippen MR) is 110 cm³/mol. The van der Waals surface area contributed by atoms with Gasteiger partial charge < -0.3 is 28.4 Å². The Balaban J connectivity index is 2.53. The molecule has 1 heterocycles. The van der Waals surface area contributed by atoms with Crippen LogP contribution >= 0.6 is 0 Å². The highest BCUT2D eigenvalue weighted by atomic mass is 16.7. The topological polar surface area (TPSA) is 191 Å². The SMILES string of the molecule is CC(=O)OC[C@H]1O[C@H](Oc2ccc([N+](=O)[O-])cc2C#N)[C@H](OC(C)=O)[C@@H](OC(C)=O)[C@H]1OC(C)=O. The number of ether oxygens (including phenoxy) is 6. The van der Waals surface area contributed by atoms with Crippen molar-refractivity contribution < 1.29 is 52.5 Å². The minimum atomic E-state index is -1.58. The van der Waals surface area contributed by atoms with Gasteiger partial charge in [-0.1, -0.05) is 0 Å². The molecule has 0 bridgehead atoms. The lowest BCUT2D eigenvalue weighted by molar-refractivity contribution is -0.384. The molecule has 5 atom stereocenters. The van der Waals surface area contributed by atoms with Crippen molar-refractivity contribution in [2.75, 3.05) is 6.61 Å². The number of nitro benzene ring substituents is 1. The van der Waals surface area contributed by atoms with Crippen LogP contribution in [0.1, 0.15) is 33.3 Å². The van der Waals surface area contributed by atoms with Gasteiger partial charge in [-0.3, -0.25) is 29.3 Å². The van der Waals surface area contributed by atoms with E-state index < -0.39 is 66.1 Å². The summed E-state index contributed by atoms with van der Waals surface area (Å²) in [5, 5.41) is 20.4. The minimum absolute atomic E-state index is 0.181. The second-order valence-electron chi connectivity index (χ2n) is 7.23. The van der Waals surface area contributed by atoms with Crippen LogP contribution < -0.4 is 4.74 Å². The minimum Gasteiger partial charge on any atom is -0.463 e. The highest BCUT2D eigenvalue weighted by Gasteiger charge is 2.53. The zero-order valence-corrected chi connectivity index (χ0v) is 19.1. The van der Waals surface area contributed by atoms with E-state index in [0.717, 1.165) is 45.9 Å². The number of nitrogens with zero attached hydrogens (tertiary/aromatic N) is 2. The summed E-state index contributed by atoms with van der Waals surface area (Å²) in [5.74, 6) is -3.34. The average molecular weight is 494 g/mol. The van der Waals surface area contributed by atoms with Gasteiger partial charge in [0.05, 0.1) is 4.92 Å². The van der Waals surface area contributed by atoms with E-state index in [1.807, 2.05) is 0 Å². The van der Waals surface area contributed by atoms with Crippen molar-refractivity contribution in [3.63, 3.8) is 0 Å². The van der Waals surface area contributed by atoms with Crippen LogP contribution in [0.2, 0.25) is 0 Å². The van der Waals surface area contributed by atoms with Crippen LogP contribution in [0, 0.1) is 21.4 Å². The molecular formula is C21H22N2O12. The van der Waals surface area contributed by atoms with E-state index in [0.29, 0.717) is 0 Å². The Hall–Kier alpha value is -4.25. The van der Waals surface area contributed by atoms with Crippen molar-refractivity contribution in [1.29, 1.82) is 5.26 Å². The van der Waals surface area contributed by atoms with Crippen LogP contribution in [-0.2, 0) is 42.9 Å². The first-order valence-electron chi connectivity index (χ1n) is 10.1. The fourth-order valence-corrected chi connectivity index (χ4v) is 3.23. The van der Waals surface area contributed by atoms with E-state index in [-0.39, 0.29) is 17.0 Å². The van der Waals surface area contributed by atoms with Gasteiger partial charge in [-0.25, -0.2) is 0 Å². The lowest BCUT2D eigenvalue weighted by atomic mass is 9.98. The maximum absolute atomic E-state index is 11.8. The van der Waals surface area contributed by atoms with Gasteiger partial charge >= 0.3 is 23.9 Å². The molecule has 1 fully saturated rings. The fourth-order valence-electron chi connectivity index (χ4n) is 3.23. The number of carbonyl (C=O) groups excluding carboxylic acids is 4. The Morgan fingerprint density at radius 1 is 0.971 bits per heavy atom. The quantitative estimate of drug-likeness (QED) is 0.215. The number of esters is 4. The van der Waals surface area contributed by atoms with E-state index in [9.17, 15) is 34.6 Å². The number of hydrogen-bond acceptors (Lipinski definition) is 13. The molecule has 0 spiro atoms. The summed E-state index contributed by atoms with van der Waals surface area (Å²) in [7, 11) is 0. The number of benzene rings is 1. The van der Waals surface area contributed by atoms with Crippen molar-refractivity contribution in [3.8, 4) is 11.8 Å². The molecule has 35 heavy (non-hydrogen) atoms. The summed E-state index contributed by atoms with van der Waals surface area (Å²) >= 11 is 0. The van der Waals surface area contributed by atoms with Gasteiger partial charge in [0.15, 0.2) is 12.2 Å². The van der Waals surface area contributed by atoms with Gasteiger partial charge in [0.2, 0.25) is 12.4 Å². The van der Waals surface area contributed by atoms with Crippen LogP contribution in [0.15, 0.2) is 18.2 Å². The molecule has 188 valence electrons. The summed E-state index contributed by atoms with van der Waals surface area (Å²) in [4.78, 5) is 57.1. The van der Waals surface area contributed by atoms with Crippen LogP contribution in [0.3, 0.4) is 0 Å². The number of hydrogen-bond donors (Lipinski definition) is 0. The predicted octanol–water partition coefficient (Wildman–Crippen LogP) is 0.928. The Kier molecular flexibility index (Phi) is 9.06. The number of rotatable bonds is 8. The third-order valence-electron chi connectivity index (χ3n) is 4.49. The molecule has 1 aromatic carbocycles. The molecule has 14 nitrogen and oxygen atoms in total. The monoisotopic (exact) mass is 494 g/mol. The third kappa shape index (κ3) is 7.37. The number of carbonyl (C=O) groups is 4. The van der Waals surface area contributed by atoms with Crippen molar-refractivity contribution in [3.05, 3.63) is 33.9 Å². The van der Waals surface area contributed by atoms with Crippen molar-refractivity contribution >= 4 is 29.6 Å². The molecule has 0 aliphatic carbocycles. The van der Waals surface area contributed by atoms with Crippen molar-refractivity contribution in [1.82, 2.24) is 0 Å².